The van der Waals surface area contributed by atoms with E-state index in [0.717, 1.165) is 29.6 Å². The molecule has 5 nitrogen and oxygen atoms in total. The topological polar surface area (TPSA) is 75.1 Å². The molecule has 1 aromatic heterocycles. The number of anilines is 2. The first-order valence-corrected chi connectivity index (χ1v) is 8.49. The van der Waals surface area contributed by atoms with Crippen LogP contribution in [0.2, 0.25) is 0 Å². The Labute approximate surface area is 146 Å². The number of para-hydroxylation sites is 1. The number of aromatic nitrogens is 2. The van der Waals surface area contributed by atoms with Crippen LogP contribution in [0.15, 0.2) is 48.5 Å². The third-order valence-corrected chi connectivity index (χ3v) is 4.34. The van der Waals surface area contributed by atoms with Gasteiger partial charge in [0.1, 0.15) is 11.6 Å². The Bertz CT molecular complexity index is 904. The van der Waals surface area contributed by atoms with E-state index in [9.17, 15) is 9.90 Å². The van der Waals surface area contributed by atoms with Gasteiger partial charge in [0.05, 0.1) is 11.1 Å². The van der Waals surface area contributed by atoms with Crippen molar-refractivity contribution in [1.29, 1.82) is 0 Å². The van der Waals surface area contributed by atoms with E-state index in [-0.39, 0.29) is 5.56 Å². The van der Waals surface area contributed by atoms with E-state index in [1.807, 2.05) is 30.3 Å². The molecule has 1 heterocycles. The van der Waals surface area contributed by atoms with Gasteiger partial charge in [0.25, 0.3) is 0 Å². The third kappa shape index (κ3) is 3.60. The normalized spacial score (nSPS) is 11.0. The maximum atomic E-state index is 11.2. The van der Waals surface area contributed by atoms with Crippen molar-refractivity contribution in [2.45, 2.75) is 32.6 Å². The molecule has 2 N–H and O–H groups in total. The van der Waals surface area contributed by atoms with Crippen molar-refractivity contribution in [3.05, 3.63) is 59.9 Å². The van der Waals surface area contributed by atoms with Crippen molar-refractivity contribution < 1.29 is 9.90 Å². The zero-order valence-electron chi connectivity index (χ0n) is 14.4. The number of benzene rings is 2. The van der Waals surface area contributed by atoms with E-state index in [1.54, 1.807) is 18.2 Å². The lowest BCUT2D eigenvalue weighted by atomic mass is 10.0. The summed E-state index contributed by atoms with van der Waals surface area (Å²) in [6.07, 6.45) is 1.95. The molecule has 0 bridgehead atoms. The Balaban J connectivity index is 2.08. The summed E-state index contributed by atoms with van der Waals surface area (Å²) in [4.78, 5) is 20.6. The van der Waals surface area contributed by atoms with Crippen LogP contribution in [0.3, 0.4) is 0 Å². The summed E-state index contributed by atoms with van der Waals surface area (Å²) in [7, 11) is 0. The molecule has 0 aliphatic heterocycles. The molecule has 128 valence electrons. The first-order chi connectivity index (χ1) is 12.1. The lowest BCUT2D eigenvalue weighted by Crippen LogP contribution is -2.06. The van der Waals surface area contributed by atoms with E-state index in [0.29, 0.717) is 17.4 Å². The fourth-order valence-corrected chi connectivity index (χ4v) is 2.89. The molecule has 0 unspecified atom stereocenters. The monoisotopic (exact) mass is 335 g/mol. The van der Waals surface area contributed by atoms with Gasteiger partial charge in [-0.05, 0) is 43.2 Å². The quantitative estimate of drug-likeness (QED) is 0.665. The average Bonchev–Trinajstić information content (AvgIpc) is 2.63. The molecule has 0 aliphatic carbocycles. The van der Waals surface area contributed by atoms with Crippen LogP contribution < -0.4 is 5.32 Å². The van der Waals surface area contributed by atoms with Crippen LogP contribution >= 0.6 is 0 Å². The van der Waals surface area contributed by atoms with Gasteiger partial charge in [-0.2, -0.15) is 0 Å². The Kier molecular flexibility index (Phi) is 4.93. The molecule has 0 spiro atoms. The second-order valence-electron chi connectivity index (χ2n) is 5.97. The molecule has 0 fully saturated rings. The zero-order chi connectivity index (χ0) is 17.8. The maximum absolute atomic E-state index is 11.2. The number of carboxylic acids is 1. The number of rotatable bonds is 6. The molecule has 3 rings (SSSR count). The van der Waals surface area contributed by atoms with Crippen LogP contribution in [0.25, 0.3) is 10.9 Å². The first-order valence-electron chi connectivity index (χ1n) is 8.49. The van der Waals surface area contributed by atoms with Gasteiger partial charge in [-0.25, -0.2) is 14.8 Å². The van der Waals surface area contributed by atoms with Crippen molar-refractivity contribution in [1.82, 2.24) is 9.97 Å². The lowest BCUT2D eigenvalue weighted by molar-refractivity contribution is 0.0697. The summed E-state index contributed by atoms with van der Waals surface area (Å²) in [5.74, 6) is 0.875. The molecule has 0 radical (unpaired) electrons. The minimum atomic E-state index is -0.950. The van der Waals surface area contributed by atoms with Gasteiger partial charge in [0, 0.05) is 17.0 Å². The van der Waals surface area contributed by atoms with Crippen LogP contribution in [0.5, 0.6) is 0 Å². The van der Waals surface area contributed by atoms with Crippen molar-refractivity contribution in [3.63, 3.8) is 0 Å². The highest BCUT2D eigenvalue weighted by atomic mass is 16.4. The van der Waals surface area contributed by atoms with E-state index >= 15 is 0 Å². The third-order valence-electron chi connectivity index (χ3n) is 4.34. The fraction of sp³-hybridized carbons (Fsp3) is 0.250. The number of nitrogens with one attached hydrogen (secondary N) is 1. The summed E-state index contributed by atoms with van der Waals surface area (Å²) >= 11 is 0. The number of fused-ring (bicyclic) bond motifs is 1. The second-order valence-corrected chi connectivity index (χ2v) is 5.97. The number of carbonyl (C=O) groups is 1. The average molecular weight is 335 g/mol. The van der Waals surface area contributed by atoms with Crippen LogP contribution in [-0.4, -0.2) is 21.0 Å². The summed E-state index contributed by atoms with van der Waals surface area (Å²) in [5, 5.41) is 13.4. The highest BCUT2D eigenvalue weighted by molar-refractivity contribution is 5.92. The highest BCUT2D eigenvalue weighted by Crippen LogP contribution is 2.28. The summed E-state index contributed by atoms with van der Waals surface area (Å²) < 4.78 is 0. The van der Waals surface area contributed by atoms with Gasteiger partial charge in [-0.3, -0.25) is 0 Å². The smallest absolute Gasteiger partial charge is 0.335 e. The predicted molar refractivity (Wildman–Crippen MR) is 99.5 cm³/mol. The maximum Gasteiger partial charge on any atom is 0.335 e. The van der Waals surface area contributed by atoms with Crippen LogP contribution in [0.4, 0.5) is 11.5 Å². The molecule has 3 aromatic rings. The Hall–Kier alpha value is -2.95. The molecule has 0 amide bonds. The van der Waals surface area contributed by atoms with Gasteiger partial charge >= 0.3 is 5.97 Å². The molecule has 0 atom stereocenters. The largest absolute Gasteiger partial charge is 0.478 e. The minimum Gasteiger partial charge on any atom is -0.478 e. The Morgan fingerprint density at radius 3 is 2.56 bits per heavy atom. The molecule has 0 saturated heterocycles. The number of aromatic carboxylic acids is 1. The molecular weight excluding hydrogens is 314 g/mol. The number of hydrogen-bond acceptors (Lipinski definition) is 4. The van der Waals surface area contributed by atoms with Crippen LogP contribution in [-0.2, 0) is 0 Å². The molecular formula is C20H21N3O2. The van der Waals surface area contributed by atoms with Gasteiger partial charge in [-0.15, -0.1) is 0 Å². The van der Waals surface area contributed by atoms with Gasteiger partial charge in [-0.1, -0.05) is 32.0 Å². The van der Waals surface area contributed by atoms with Crippen molar-refractivity contribution in [2.24, 2.45) is 0 Å². The van der Waals surface area contributed by atoms with Crippen LogP contribution in [0, 0.1) is 0 Å². The Morgan fingerprint density at radius 2 is 1.84 bits per heavy atom. The number of carboxylic acid groups (broad SMARTS) is 1. The van der Waals surface area contributed by atoms with Crippen molar-refractivity contribution in [3.8, 4) is 0 Å². The van der Waals surface area contributed by atoms with Crippen LogP contribution in [0.1, 0.15) is 48.8 Å². The summed E-state index contributed by atoms with van der Waals surface area (Å²) in [6.45, 7) is 4.27. The number of nitrogens with zero attached hydrogens (tertiary/aromatic N) is 2. The molecule has 25 heavy (non-hydrogen) atoms. The SMILES string of the molecule is CCC(CC)c1nc(Nc2cccc(C(=O)O)c2)c2ccccc2n1. The zero-order valence-corrected chi connectivity index (χ0v) is 14.4. The molecule has 0 aliphatic rings. The van der Waals surface area contributed by atoms with Crippen molar-refractivity contribution in [2.75, 3.05) is 5.32 Å². The number of hydrogen-bond donors (Lipinski definition) is 2. The standard InChI is InChI=1S/C20H21N3O2/c1-3-13(4-2)18-22-17-11-6-5-10-16(17)19(23-18)21-15-9-7-8-14(12-15)20(24)25/h5-13H,3-4H2,1-2H3,(H,24,25)(H,21,22,23). The Morgan fingerprint density at radius 1 is 1.08 bits per heavy atom. The summed E-state index contributed by atoms with van der Waals surface area (Å²) in [6, 6.07) is 14.6. The minimum absolute atomic E-state index is 0.239. The second kappa shape index (κ2) is 7.30. The van der Waals surface area contributed by atoms with E-state index < -0.39 is 5.97 Å². The molecule has 5 heteroatoms. The van der Waals surface area contributed by atoms with Gasteiger partial charge in [0.15, 0.2) is 0 Å². The highest BCUT2D eigenvalue weighted by Gasteiger charge is 2.14. The fourth-order valence-electron chi connectivity index (χ4n) is 2.89. The summed E-state index contributed by atoms with van der Waals surface area (Å²) in [5.41, 5.74) is 1.82. The van der Waals surface area contributed by atoms with E-state index in [4.69, 9.17) is 9.97 Å². The molecule has 0 saturated carbocycles. The molecule has 2 aromatic carbocycles. The van der Waals surface area contributed by atoms with Gasteiger partial charge in [0.2, 0.25) is 0 Å². The lowest BCUT2D eigenvalue weighted by Gasteiger charge is -2.15. The van der Waals surface area contributed by atoms with E-state index in [2.05, 4.69) is 19.2 Å². The first kappa shape index (κ1) is 16.9. The van der Waals surface area contributed by atoms with Crippen molar-refractivity contribution >= 4 is 28.4 Å². The predicted octanol–water partition coefficient (Wildman–Crippen LogP) is 4.98. The van der Waals surface area contributed by atoms with Gasteiger partial charge < -0.3 is 10.4 Å². The van der Waals surface area contributed by atoms with E-state index in [1.165, 1.54) is 0 Å².